The Balaban J connectivity index is 0. The third kappa shape index (κ3) is 36.7. The highest BCUT2D eigenvalue weighted by atomic mass is 16.4. The molecule has 0 aliphatic carbocycles. The number of hydrogen-bond acceptors (Lipinski definition) is 1. The zero-order valence-electron chi connectivity index (χ0n) is 4.64. The normalized spacial score (nSPS) is 5.43. The first-order valence-corrected chi connectivity index (χ1v) is 2.12. The Morgan fingerprint density at radius 2 is 1.86 bits per heavy atom. The van der Waals surface area contributed by atoms with Gasteiger partial charge in [0.15, 0.2) is 0 Å². The standard InChI is InChI=1S/C3H4O2.C2H6/c1-2-3(4)5;1-2/h2H,1H2,(H,4,5);1-2H3. The molecule has 2 heteroatoms. The van der Waals surface area contributed by atoms with Gasteiger partial charge in [0, 0.05) is 6.08 Å². The molecule has 7 heavy (non-hydrogen) atoms. The van der Waals surface area contributed by atoms with Crippen molar-refractivity contribution >= 4 is 5.97 Å². The lowest BCUT2D eigenvalue weighted by Gasteiger charge is -1.64. The van der Waals surface area contributed by atoms with Crippen LogP contribution in [0, 0.1) is 0 Å². The summed E-state index contributed by atoms with van der Waals surface area (Å²) in [5.74, 6) is -0.981. The molecule has 0 rings (SSSR count). The number of carbonyl (C=O) groups is 1. The number of carboxylic acid groups (broad SMARTS) is 1. The van der Waals surface area contributed by atoms with Crippen molar-refractivity contribution < 1.29 is 9.90 Å². The van der Waals surface area contributed by atoms with Gasteiger partial charge < -0.3 is 5.11 Å². The monoisotopic (exact) mass is 102 g/mol. The van der Waals surface area contributed by atoms with E-state index >= 15 is 0 Å². The summed E-state index contributed by atoms with van der Waals surface area (Å²) >= 11 is 0. The fraction of sp³-hybridized carbons (Fsp3) is 0.400. The SMILES string of the molecule is C=CC(=O)O.CC. The summed E-state index contributed by atoms with van der Waals surface area (Å²) in [6.45, 7) is 6.96. The lowest BCUT2D eigenvalue weighted by molar-refractivity contribution is -0.131. The van der Waals surface area contributed by atoms with Crippen molar-refractivity contribution in [3.63, 3.8) is 0 Å². The van der Waals surface area contributed by atoms with Gasteiger partial charge in [-0.05, 0) is 0 Å². The summed E-state index contributed by atoms with van der Waals surface area (Å²) < 4.78 is 0. The molecule has 0 fully saturated rings. The molecular weight excluding hydrogens is 92.1 g/mol. The van der Waals surface area contributed by atoms with Crippen LogP contribution >= 0.6 is 0 Å². The van der Waals surface area contributed by atoms with Crippen LogP contribution in [0.2, 0.25) is 0 Å². The van der Waals surface area contributed by atoms with Crippen LogP contribution in [-0.2, 0) is 4.79 Å². The van der Waals surface area contributed by atoms with Gasteiger partial charge in [0.05, 0.1) is 0 Å². The molecule has 0 heterocycles. The fourth-order valence-electron chi connectivity index (χ4n) is 0. The summed E-state index contributed by atoms with van der Waals surface area (Å²) in [4.78, 5) is 9.25. The van der Waals surface area contributed by atoms with Gasteiger partial charge in [-0.15, -0.1) is 0 Å². The Morgan fingerprint density at radius 3 is 1.86 bits per heavy atom. The lowest BCUT2D eigenvalue weighted by atomic mass is 10.7. The van der Waals surface area contributed by atoms with Crippen LogP contribution in [-0.4, -0.2) is 11.1 Å². The predicted octanol–water partition coefficient (Wildman–Crippen LogP) is 1.28. The molecule has 0 atom stereocenters. The zero-order chi connectivity index (χ0) is 6.28. The summed E-state index contributed by atoms with van der Waals surface area (Å²) in [5.41, 5.74) is 0. The van der Waals surface area contributed by atoms with Crippen LogP contribution in [0.1, 0.15) is 13.8 Å². The predicted molar refractivity (Wildman–Crippen MR) is 29.2 cm³/mol. The highest BCUT2D eigenvalue weighted by Crippen LogP contribution is 1.54. The smallest absolute Gasteiger partial charge is 0.327 e. The van der Waals surface area contributed by atoms with E-state index in [2.05, 4.69) is 6.58 Å². The molecule has 0 saturated heterocycles. The van der Waals surface area contributed by atoms with Gasteiger partial charge >= 0.3 is 5.97 Å². The van der Waals surface area contributed by atoms with Crippen molar-refractivity contribution in [3.8, 4) is 0 Å². The summed E-state index contributed by atoms with van der Waals surface area (Å²) in [6, 6.07) is 0. The van der Waals surface area contributed by atoms with E-state index in [1.165, 1.54) is 0 Å². The van der Waals surface area contributed by atoms with Gasteiger partial charge in [0.2, 0.25) is 0 Å². The van der Waals surface area contributed by atoms with Gasteiger partial charge in [-0.1, -0.05) is 20.4 Å². The highest BCUT2D eigenvalue weighted by molar-refractivity contribution is 5.78. The van der Waals surface area contributed by atoms with E-state index in [4.69, 9.17) is 5.11 Å². The van der Waals surface area contributed by atoms with E-state index in [1.807, 2.05) is 13.8 Å². The third-order valence-corrected chi connectivity index (χ3v) is 0.175. The van der Waals surface area contributed by atoms with Crippen molar-refractivity contribution in [2.24, 2.45) is 0 Å². The Hall–Kier alpha value is -0.790. The molecular formula is C5H10O2. The van der Waals surface area contributed by atoms with Crippen LogP contribution in [0.15, 0.2) is 12.7 Å². The number of hydrogen-bond donors (Lipinski definition) is 1. The average molecular weight is 102 g/mol. The van der Waals surface area contributed by atoms with E-state index in [9.17, 15) is 4.79 Å². The van der Waals surface area contributed by atoms with Gasteiger partial charge in [0.25, 0.3) is 0 Å². The van der Waals surface area contributed by atoms with Crippen molar-refractivity contribution in [2.75, 3.05) is 0 Å². The third-order valence-electron chi connectivity index (χ3n) is 0.175. The quantitative estimate of drug-likeness (QED) is 0.506. The molecule has 2 nitrogen and oxygen atoms in total. The van der Waals surface area contributed by atoms with Gasteiger partial charge in [-0.25, -0.2) is 4.79 Å². The van der Waals surface area contributed by atoms with Crippen molar-refractivity contribution in [2.45, 2.75) is 13.8 Å². The van der Waals surface area contributed by atoms with Gasteiger partial charge in [-0.3, -0.25) is 0 Å². The maximum absolute atomic E-state index is 9.25. The Bertz CT molecular complexity index is 57.1. The number of aliphatic carboxylic acids is 1. The molecule has 0 radical (unpaired) electrons. The molecule has 0 aromatic carbocycles. The molecule has 0 bridgehead atoms. The molecule has 0 aromatic rings. The maximum Gasteiger partial charge on any atom is 0.327 e. The first kappa shape index (κ1) is 9.51. The van der Waals surface area contributed by atoms with Crippen LogP contribution < -0.4 is 0 Å². The number of rotatable bonds is 1. The topological polar surface area (TPSA) is 37.3 Å². The van der Waals surface area contributed by atoms with E-state index in [0.29, 0.717) is 0 Å². The zero-order valence-corrected chi connectivity index (χ0v) is 4.64. The fourth-order valence-corrected chi connectivity index (χ4v) is 0. The minimum Gasteiger partial charge on any atom is -0.478 e. The second-order valence-electron chi connectivity index (χ2n) is 0.542. The molecule has 0 aromatic heterocycles. The van der Waals surface area contributed by atoms with E-state index in [0.717, 1.165) is 6.08 Å². The minimum atomic E-state index is -0.981. The second-order valence-corrected chi connectivity index (χ2v) is 0.542. The van der Waals surface area contributed by atoms with Gasteiger partial charge in [-0.2, -0.15) is 0 Å². The van der Waals surface area contributed by atoms with Crippen LogP contribution in [0.25, 0.3) is 0 Å². The Kier molecular flexibility index (Phi) is 12.2. The highest BCUT2D eigenvalue weighted by Gasteiger charge is 1.73. The minimum absolute atomic E-state index is 0.833. The first-order valence-electron chi connectivity index (χ1n) is 2.12. The van der Waals surface area contributed by atoms with Crippen molar-refractivity contribution in [1.29, 1.82) is 0 Å². The maximum atomic E-state index is 9.25. The molecule has 1 N–H and O–H groups in total. The van der Waals surface area contributed by atoms with E-state index < -0.39 is 5.97 Å². The van der Waals surface area contributed by atoms with E-state index in [-0.39, 0.29) is 0 Å². The lowest BCUT2D eigenvalue weighted by Crippen LogP contribution is -1.82. The number of carboxylic acids is 1. The Labute approximate surface area is 43.5 Å². The molecule has 0 aliphatic rings. The van der Waals surface area contributed by atoms with E-state index in [1.54, 1.807) is 0 Å². The Morgan fingerprint density at radius 1 is 1.71 bits per heavy atom. The summed E-state index contributed by atoms with van der Waals surface area (Å²) in [5, 5.41) is 7.60. The molecule has 0 saturated carbocycles. The summed E-state index contributed by atoms with van der Waals surface area (Å²) in [6.07, 6.45) is 0.833. The summed E-state index contributed by atoms with van der Waals surface area (Å²) in [7, 11) is 0. The molecule has 42 valence electrons. The second kappa shape index (κ2) is 8.96. The van der Waals surface area contributed by atoms with Crippen molar-refractivity contribution in [3.05, 3.63) is 12.7 Å². The molecule has 0 aliphatic heterocycles. The first-order chi connectivity index (χ1) is 3.27. The molecule has 0 amide bonds. The van der Waals surface area contributed by atoms with Crippen LogP contribution in [0.4, 0.5) is 0 Å². The largest absolute Gasteiger partial charge is 0.478 e. The van der Waals surface area contributed by atoms with Crippen LogP contribution in [0.3, 0.4) is 0 Å². The van der Waals surface area contributed by atoms with Crippen molar-refractivity contribution in [1.82, 2.24) is 0 Å². The molecule has 0 unspecified atom stereocenters. The van der Waals surface area contributed by atoms with Gasteiger partial charge in [0.1, 0.15) is 0 Å². The average Bonchev–Trinajstić information content (AvgIpc) is 1.73. The van der Waals surface area contributed by atoms with Crippen LogP contribution in [0.5, 0.6) is 0 Å². The molecule has 0 spiro atoms.